The van der Waals surface area contributed by atoms with Gasteiger partial charge in [-0.25, -0.2) is 9.97 Å². The molecule has 1 N–H and O–H groups in total. The average Bonchev–Trinajstić information content (AvgIpc) is 3.21. The molecule has 7 heteroatoms. The number of ether oxygens (including phenoxy) is 2. The average molecular weight is 376 g/mol. The minimum atomic E-state index is -0.168. The second kappa shape index (κ2) is 7.96. The summed E-state index contributed by atoms with van der Waals surface area (Å²) in [7, 11) is 1.75. The van der Waals surface area contributed by atoms with Crippen molar-refractivity contribution in [2.75, 3.05) is 19.2 Å². The third-order valence-electron chi connectivity index (χ3n) is 4.39. The van der Waals surface area contributed by atoms with Crippen LogP contribution in [-0.2, 0) is 13.1 Å². The highest BCUT2D eigenvalue weighted by Crippen LogP contribution is 2.32. The van der Waals surface area contributed by atoms with Crippen LogP contribution in [0, 0.1) is 0 Å². The third kappa shape index (κ3) is 4.03. The second-order valence-electron chi connectivity index (χ2n) is 6.47. The Balaban J connectivity index is 1.35. The van der Waals surface area contributed by atoms with Crippen molar-refractivity contribution < 1.29 is 14.3 Å². The Morgan fingerprint density at radius 1 is 1.04 bits per heavy atom. The number of carbonyl (C=O) groups is 1. The van der Waals surface area contributed by atoms with Crippen LogP contribution < -0.4 is 14.8 Å². The molecule has 2 heterocycles. The van der Waals surface area contributed by atoms with Crippen LogP contribution in [0.5, 0.6) is 11.5 Å². The number of anilines is 1. The van der Waals surface area contributed by atoms with Crippen LogP contribution in [0.4, 0.5) is 5.82 Å². The van der Waals surface area contributed by atoms with E-state index in [9.17, 15) is 4.79 Å². The SMILES string of the molecule is CN(Cc1ccccc1)C(=O)c1cnc(NCc2ccc3c(c2)OCO3)cn1. The molecule has 3 aromatic rings. The van der Waals surface area contributed by atoms with Gasteiger partial charge in [0.05, 0.1) is 12.4 Å². The van der Waals surface area contributed by atoms with E-state index in [-0.39, 0.29) is 12.7 Å². The Morgan fingerprint density at radius 2 is 1.86 bits per heavy atom. The van der Waals surface area contributed by atoms with E-state index in [1.807, 2.05) is 48.5 Å². The van der Waals surface area contributed by atoms with E-state index in [0.29, 0.717) is 24.6 Å². The standard InChI is InChI=1S/C21H20N4O3/c1-25(13-15-5-3-2-4-6-15)21(26)17-11-24-20(12-22-17)23-10-16-7-8-18-19(9-16)28-14-27-18/h2-9,11-12H,10,13-14H2,1H3,(H,23,24). The van der Waals surface area contributed by atoms with Crippen LogP contribution in [0.25, 0.3) is 0 Å². The molecule has 4 rings (SSSR count). The van der Waals surface area contributed by atoms with E-state index in [2.05, 4.69) is 15.3 Å². The van der Waals surface area contributed by atoms with Crippen molar-refractivity contribution in [3.05, 3.63) is 77.7 Å². The minimum Gasteiger partial charge on any atom is -0.454 e. The van der Waals surface area contributed by atoms with Crippen molar-refractivity contribution in [3.63, 3.8) is 0 Å². The van der Waals surface area contributed by atoms with Gasteiger partial charge in [-0.1, -0.05) is 36.4 Å². The van der Waals surface area contributed by atoms with Crippen LogP contribution in [0.3, 0.4) is 0 Å². The largest absolute Gasteiger partial charge is 0.454 e. The summed E-state index contributed by atoms with van der Waals surface area (Å²) in [5.41, 5.74) is 2.41. The number of rotatable bonds is 6. The molecule has 0 fully saturated rings. The summed E-state index contributed by atoms with van der Waals surface area (Å²) in [6.45, 7) is 1.34. The summed E-state index contributed by atoms with van der Waals surface area (Å²) in [5.74, 6) is 1.93. The first-order valence-corrected chi connectivity index (χ1v) is 8.93. The molecule has 0 unspecified atom stereocenters. The number of hydrogen-bond acceptors (Lipinski definition) is 6. The van der Waals surface area contributed by atoms with Crippen molar-refractivity contribution in [2.24, 2.45) is 0 Å². The lowest BCUT2D eigenvalue weighted by Crippen LogP contribution is -2.27. The fourth-order valence-corrected chi connectivity index (χ4v) is 2.90. The van der Waals surface area contributed by atoms with E-state index in [1.54, 1.807) is 18.1 Å². The predicted octanol–water partition coefficient (Wildman–Crippen LogP) is 3.09. The number of nitrogens with one attached hydrogen (secondary N) is 1. The highest BCUT2D eigenvalue weighted by molar-refractivity contribution is 5.91. The van der Waals surface area contributed by atoms with Gasteiger partial charge in [-0.15, -0.1) is 0 Å². The van der Waals surface area contributed by atoms with Gasteiger partial charge in [0.1, 0.15) is 11.5 Å². The zero-order valence-corrected chi connectivity index (χ0v) is 15.5. The quantitative estimate of drug-likeness (QED) is 0.712. The summed E-state index contributed by atoms with van der Waals surface area (Å²) in [4.78, 5) is 22.7. The molecule has 1 amide bonds. The number of carbonyl (C=O) groups excluding carboxylic acids is 1. The summed E-state index contributed by atoms with van der Waals surface area (Å²) >= 11 is 0. The van der Waals surface area contributed by atoms with E-state index < -0.39 is 0 Å². The molecule has 0 aliphatic carbocycles. The van der Waals surface area contributed by atoms with E-state index >= 15 is 0 Å². The predicted molar refractivity (Wildman–Crippen MR) is 104 cm³/mol. The molecule has 1 aromatic heterocycles. The number of amides is 1. The van der Waals surface area contributed by atoms with Gasteiger partial charge in [0.25, 0.3) is 5.91 Å². The van der Waals surface area contributed by atoms with Crippen molar-refractivity contribution in [1.82, 2.24) is 14.9 Å². The Labute approximate surface area is 163 Å². The molecule has 0 saturated carbocycles. The Morgan fingerprint density at radius 3 is 2.64 bits per heavy atom. The maximum absolute atomic E-state index is 12.5. The van der Waals surface area contributed by atoms with Gasteiger partial charge in [-0.3, -0.25) is 4.79 Å². The number of benzene rings is 2. The molecule has 28 heavy (non-hydrogen) atoms. The fraction of sp³-hybridized carbons (Fsp3) is 0.190. The zero-order valence-electron chi connectivity index (χ0n) is 15.5. The van der Waals surface area contributed by atoms with Crippen LogP contribution >= 0.6 is 0 Å². The maximum Gasteiger partial charge on any atom is 0.274 e. The van der Waals surface area contributed by atoms with E-state index in [4.69, 9.17) is 9.47 Å². The summed E-state index contributed by atoms with van der Waals surface area (Å²) in [6.07, 6.45) is 3.06. The second-order valence-corrected chi connectivity index (χ2v) is 6.47. The minimum absolute atomic E-state index is 0.168. The van der Waals surface area contributed by atoms with Crippen LogP contribution in [-0.4, -0.2) is 34.6 Å². The molecular formula is C21H20N4O3. The topological polar surface area (TPSA) is 76.6 Å². The number of hydrogen-bond donors (Lipinski definition) is 1. The smallest absolute Gasteiger partial charge is 0.274 e. The Hall–Kier alpha value is -3.61. The van der Waals surface area contributed by atoms with Gasteiger partial charge < -0.3 is 19.7 Å². The van der Waals surface area contributed by atoms with Crippen molar-refractivity contribution >= 4 is 11.7 Å². The molecule has 0 spiro atoms. The highest BCUT2D eigenvalue weighted by atomic mass is 16.7. The molecule has 1 aliphatic rings. The molecule has 2 aromatic carbocycles. The van der Waals surface area contributed by atoms with Gasteiger partial charge in [0, 0.05) is 20.1 Å². The van der Waals surface area contributed by atoms with Gasteiger partial charge in [0.2, 0.25) is 6.79 Å². The molecule has 0 bridgehead atoms. The maximum atomic E-state index is 12.5. The van der Waals surface area contributed by atoms with Gasteiger partial charge in [0.15, 0.2) is 11.5 Å². The monoisotopic (exact) mass is 376 g/mol. The van der Waals surface area contributed by atoms with Crippen LogP contribution in [0.15, 0.2) is 60.9 Å². The Bertz CT molecular complexity index is 961. The fourth-order valence-electron chi connectivity index (χ4n) is 2.90. The van der Waals surface area contributed by atoms with E-state index in [0.717, 1.165) is 22.6 Å². The molecular weight excluding hydrogens is 356 g/mol. The normalized spacial score (nSPS) is 11.9. The lowest BCUT2D eigenvalue weighted by Gasteiger charge is -2.16. The highest BCUT2D eigenvalue weighted by Gasteiger charge is 2.15. The first-order valence-electron chi connectivity index (χ1n) is 8.93. The summed E-state index contributed by atoms with van der Waals surface area (Å²) in [5, 5.41) is 3.19. The van der Waals surface area contributed by atoms with Gasteiger partial charge >= 0.3 is 0 Å². The lowest BCUT2D eigenvalue weighted by molar-refractivity contribution is 0.0779. The Kier molecular flexibility index (Phi) is 5.05. The molecule has 7 nitrogen and oxygen atoms in total. The molecule has 142 valence electrons. The van der Waals surface area contributed by atoms with Gasteiger partial charge in [-0.2, -0.15) is 0 Å². The first kappa shape index (κ1) is 17.8. The first-order chi connectivity index (χ1) is 13.7. The van der Waals surface area contributed by atoms with Gasteiger partial charge in [-0.05, 0) is 23.3 Å². The van der Waals surface area contributed by atoms with Crippen LogP contribution in [0.2, 0.25) is 0 Å². The molecule has 1 aliphatic heterocycles. The third-order valence-corrected chi connectivity index (χ3v) is 4.39. The lowest BCUT2D eigenvalue weighted by atomic mass is 10.2. The number of fused-ring (bicyclic) bond motifs is 1. The molecule has 0 radical (unpaired) electrons. The number of nitrogens with zero attached hydrogens (tertiary/aromatic N) is 3. The van der Waals surface area contributed by atoms with E-state index in [1.165, 1.54) is 6.20 Å². The summed E-state index contributed by atoms with van der Waals surface area (Å²) in [6, 6.07) is 15.6. The molecule has 0 atom stereocenters. The van der Waals surface area contributed by atoms with Crippen molar-refractivity contribution in [3.8, 4) is 11.5 Å². The summed E-state index contributed by atoms with van der Waals surface area (Å²) < 4.78 is 10.7. The number of aromatic nitrogens is 2. The molecule has 0 saturated heterocycles. The van der Waals surface area contributed by atoms with Crippen molar-refractivity contribution in [2.45, 2.75) is 13.1 Å². The van der Waals surface area contributed by atoms with Crippen LogP contribution in [0.1, 0.15) is 21.6 Å². The zero-order chi connectivity index (χ0) is 19.3. The van der Waals surface area contributed by atoms with Crippen molar-refractivity contribution in [1.29, 1.82) is 0 Å².